The van der Waals surface area contributed by atoms with Gasteiger partial charge in [-0.25, -0.2) is 4.98 Å². The van der Waals surface area contributed by atoms with Crippen LogP contribution in [0.4, 0.5) is 5.69 Å². The molecule has 0 aliphatic heterocycles. The smallest absolute Gasteiger partial charge is 0.260 e. The lowest BCUT2D eigenvalue weighted by molar-refractivity contribution is 0.432. The summed E-state index contributed by atoms with van der Waals surface area (Å²) in [7, 11) is 0. The zero-order valence-electron chi connectivity index (χ0n) is 9.24. The number of nitrogens with zero attached hydrogens (tertiary/aromatic N) is 2. The molecule has 0 bridgehead atoms. The van der Waals surface area contributed by atoms with Gasteiger partial charge < -0.3 is 10.3 Å². The van der Waals surface area contributed by atoms with Crippen LogP contribution in [0.25, 0.3) is 11.1 Å². The van der Waals surface area contributed by atoms with Crippen molar-refractivity contribution in [1.29, 1.82) is 0 Å². The topological polar surface area (TPSA) is 64.9 Å². The van der Waals surface area contributed by atoms with Crippen LogP contribution in [0.3, 0.4) is 0 Å². The number of nitrogens with two attached hydrogens (primary N) is 1. The largest absolute Gasteiger partial charge is 0.398 e. The maximum absolute atomic E-state index is 5.94. The lowest BCUT2D eigenvalue weighted by Crippen LogP contribution is -1.97. The highest BCUT2D eigenvalue weighted by atomic mass is 16.5. The van der Waals surface area contributed by atoms with Crippen molar-refractivity contribution in [2.24, 2.45) is 5.92 Å². The Morgan fingerprint density at radius 2 is 2.20 bits per heavy atom. The number of anilines is 1. The minimum atomic E-state index is 0.527. The van der Waals surface area contributed by atoms with E-state index in [9.17, 15) is 0 Å². The van der Waals surface area contributed by atoms with Crippen LogP contribution in [0.15, 0.2) is 10.6 Å². The number of hydrogen-bond donors (Lipinski definition) is 1. The average Bonchev–Trinajstić information content (AvgIpc) is 2.46. The van der Waals surface area contributed by atoms with E-state index in [1.807, 2.05) is 13.0 Å². The Kier molecular flexibility index (Phi) is 2.34. The van der Waals surface area contributed by atoms with Crippen molar-refractivity contribution in [2.75, 3.05) is 5.73 Å². The quantitative estimate of drug-likeness (QED) is 0.817. The molecule has 2 aromatic heterocycles. The first kappa shape index (κ1) is 9.96. The maximum atomic E-state index is 5.94. The fourth-order valence-corrected chi connectivity index (χ4v) is 1.70. The van der Waals surface area contributed by atoms with E-state index < -0.39 is 0 Å². The van der Waals surface area contributed by atoms with E-state index in [1.54, 1.807) is 0 Å². The number of hydrogen-bond acceptors (Lipinski definition) is 4. The van der Waals surface area contributed by atoms with Gasteiger partial charge in [-0.15, -0.1) is 0 Å². The summed E-state index contributed by atoms with van der Waals surface area (Å²) in [5, 5.41) is 4.89. The number of rotatable bonds is 2. The maximum Gasteiger partial charge on any atom is 0.260 e. The van der Waals surface area contributed by atoms with Gasteiger partial charge in [0, 0.05) is 11.4 Å². The van der Waals surface area contributed by atoms with Gasteiger partial charge in [0.05, 0.1) is 11.1 Å². The van der Waals surface area contributed by atoms with Gasteiger partial charge >= 0.3 is 0 Å². The summed E-state index contributed by atoms with van der Waals surface area (Å²) in [6.07, 6.45) is 0.863. The molecule has 80 valence electrons. The molecule has 0 amide bonds. The van der Waals surface area contributed by atoms with E-state index in [0.29, 0.717) is 17.3 Å². The van der Waals surface area contributed by atoms with Gasteiger partial charge in [0.1, 0.15) is 0 Å². The molecule has 0 saturated heterocycles. The zero-order chi connectivity index (χ0) is 11.0. The minimum absolute atomic E-state index is 0.527. The summed E-state index contributed by atoms with van der Waals surface area (Å²) in [4.78, 5) is 4.26. The van der Waals surface area contributed by atoms with Crippen LogP contribution in [0.2, 0.25) is 0 Å². The number of aryl methyl sites for hydroxylation is 1. The SMILES string of the molecule is Cc1cc(N)c2c(CC(C)C)noc2n1. The molecule has 2 heterocycles. The molecule has 4 nitrogen and oxygen atoms in total. The van der Waals surface area contributed by atoms with Crippen LogP contribution in [0.5, 0.6) is 0 Å². The Bertz CT molecular complexity index is 488. The Balaban J connectivity index is 2.58. The Morgan fingerprint density at radius 1 is 1.47 bits per heavy atom. The van der Waals surface area contributed by atoms with Gasteiger partial charge in [-0.05, 0) is 25.3 Å². The summed E-state index contributed by atoms with van der Waals surface area (Å²) in [6.45, 7) is 6.16. The van der Waals surface area contributed by atoms with Crippen LogP contribution in [-0.4, -0.2) is 10.1 Å². The average molecular weight is 205 g/mol. The summed E-state index contributed by atoms with van der Waals surface area (Å²) >= 11 is 0. The molecule has 0 fully saturated rings. The molecule has 0 atom stereocenters. The van der Waals surface area contributed by atoms with Crippen LogP contribution < -0.4 is 5.73 Å². The third-order valence-corrected chi connectivity index (χ3v) is 2.28. The predicted octanol–water partition coefficient (Wildman–Crippen LogP) is 2.31. The predicted molar refractivity (Wildman–Crippen MR) is 59.5 cm³/mol. The van der Waals surface area contributed by atoms with Crippen molar-refractivity contribution >= 4 is 16.8 Å². The van der Waals surface area contributed by atoms with Crippen molar-refractivity contribution in [2.45, 2.75) is 27.2 Å². The monoisotopic (exact) mass is 205 g/mol. The molecule has 2 aromatic rings. The Morgan fingerprint density at radius 3 is 2.87 bits per heavy atom. The summed E-state index contributed by atoms with van der Waals surface area (Å²) in [5.41, 5.74) is 8.95. The second-order valence-corrected chi connectivity index (χ2v) is 4.26. The molecule has 4 heteroatoms. The summed E-state index contributed by atoms with van der Waals surface area (Å²) in [5.74, 6) is 0.527. The number of pyridine rings is 1. The molecular formula is C11H15N3O. The third kappa shape index (κ3) is 1.79. The van der Waals surface area contributed by atoms with E-state index in [-0.39, 0.29) is 0 Å². The molecular weight excluding hydrogens is 190 g/mol. The zero-order valence-corrected chi connectivity index (χ0v) is 9.24. The van der Waals surface area contributed by atoms with Crippen LogP contribution in [0, 0.1) is 12.8 Å². The van der Waals surface area contributed by atoms with Gasteiger partial charge in [0.25, 0.3) is 5.71 Å². The molecule has 2 N–H and O–H groups in total. The highest BCUT2D eigenvalue weighted by Gasteiger charge is 2.14. The molecule has 0 aromatic carbocycles. The van der Waals surface area contributed by atoms with Crippen LogP contribution >= 0.6 is 0 Å². The Hall–Kier alpha value is -1.58. The van der Waals surface area contributed by atoms with E-state index in [2.05, 4.69) is 24.0 Å². The lowest BCUT2D eigenvalue weighted by Gasteiger charge is -2.02. The first-order chi connectivity index (χ1) is 7.08. The number of aromatic nitrogens is 2. The van der Waals surface area contributed by atoms with E-state index in [1.165, 1.54) is 0 Å². The molecule has 15 heavy (non-hydrogen) atoms. The molecule has 0 unspecified atom stereocenters. The van der Waals surface area contributed by atoms with Gasteiger partial charge in [-0.2, -0.15) is 0 Å². The van der Waals surface area contributed by atoms with Gasteiger partial charge in [0.2, 0.25) is 0 Å². The molecule has 0 saturated carbocycles. The van der Waals surface area contributed by atoms with Crippen molar-refractivity contribution in [3.63, 3.8) is 0 Å². The Labute approximate surface area is 88.5 Å². The molecule has 0 radical (unpaired) electrons. The normalized spacial score (nSPS) is 11.5. The van der Waals surface area contributed by atoms with Crippen molar-refractivity contribution in [3.8, 4) is 0 Å². The van der Waals surface area contributed by atoms with Crippen LogP contribution in [0.1, 0.15) is 25.2 Å². The highest BCUT2D eigenvalue weighted by Crippen LogP contribution is 2.25. The molecule has 0 aliphatic carbocycles. The second-order valence-electron chi connectivity index (χ2n) is 4.26. The molecule has 0 aliphatic rings. The third-order valence-electron chi connectivity index (χ3n) is 2.28. The second kappa shape index (κ2) is 3.53. The van der Waals surface area contributed by atoms with E-state index >= 15 is 0 Å². The fourth-order valence-electron chi connectivity index (χ4n) is 1.70. The lowest BCUT2D eigenvalue weighted by atomic mass is 10.1. The molecule has 2 rings (SSSR count). The highest BCUT2D eigenvalue weighted by molar-refractivity contribution is 5.88. The number of nitrogen functional groups attached to an aromatic ring is 1. The number of fused-ring (bicyclic) bond motifs is 1. The standard InChI is InChI=1S/C11H15N3O/c1-6(2)4-9-10-8(12)5-7(3)13-11(10)15-14-9/h5-6H,4H2,1-3H3,(H2,12,13). The minimum Gasteiger partial charge on any atom is -0.398 e. The van der Waals surface area contributed by atoms with Crippen molar-refractivity contribution in [3.05, 3.63) is 17.5 Å². The van der Waals surface area contributed by atoms with Gasteiger partial charge in [0.15, 0.2) is 0 Å². The van der Waals surface area contributed by atoms with E-state index in [4.69, 9.17) is 10.3 Å². The van der Waals surface area contributed by atoms with Crippen molar-refractivity contribution < 1.29 is 4.52 Å². The van der Waals surface area contributed by atoms with Gasteiger partial charge in [-0.1, -0.05) is 19.0 Å². The first-order valence-corrected chi connectivity index (χ1v) is 5.09. The fraction of sp³-hybridized carbons (Fsp3) is 0.455. The van der Waals surface area contributed by atoms with Crippen LogP contribution in [-0.2, 0) is 6.42 Å². The van der Waals surface area contributed by atoms with Crippen molar-refractivity contribution in [1.82, 2.24) is 10.1 Å². The van der Waals surface area contributed by atoms with Gasteiger partial charge in [-0.3, -0.25) is 0 Å². The molecule has 0 spiro atoms. The first-order valence-electron chi connectivity index (χ1n) is 5.09. The summed E-state index contributed by atoms with van der Waals surface area (Å²) < 4.78 is 5.17. The van der Waals surface area contributed by atoms with E-state index in [0.717, 1.165) is 23.2 Å². The summed E-state index contributed by atoms with van der Waals surface area (Å²) in [6, 6.07) is 1.85.